The van der Waals surface area contributed by atoms with Gasteiger partial charge in [-0.05, 0) is 38.0 Å². The third kappa shape index (κ3) is 2.13. The number of nitrogens with zero attached hydrogens (tertiary/aromatic N) is 4. The van der Waals surface area contributed by atoms with Gasteiger partial charge in [-0.3, -0.25) is 4.79 Å². The Morgan fingerprint density at radius 2 is 2.08 bits per heavy atom. The van der Waals surface area contributed by atoms with Crippen LogP contribution in [0.15, 0.2) is 12.1 Å². The van der Waals surface area contributed by atoms with Crippen molar-refractivity contribution >= 4 is 17.3 Å². The minimum absolute atomic E-state index is 0.0608. The summed E-state index contributed by atoms with van der Waals surface area (Å²) in [6.45, 7) is 9.90. The van der Waals surface area contributed by atoms with E-state index in [0.29, 0.717) is 30.1 Å². The molecule has 1 aromatic carbocycles. The largest absolute Gasteiger partial charge is 0.364 e. The first kappa shape index (κ1) is 15.5. The minimum atomic E-state index is 0.0608. The quantitative estimate of drug-likeness (QED) is 0.795. The fourth-order valence-electron chi connectivity index (χ4n) is 4.72. The van der Waals surface area contributed by atoms with E-state index in [9.17, 15) is 10.1 Å². The second-order valence-electron chi connectivity index (χ2n) is 7.46. The van der Waals surface area contributed by atoms with Gasteiger partial charge in [0.2, 0.25) is 5.91 Å². The summed E-state index contributed by atoms with van der Waals surface area (Å²) in [5.41, 5.74) is 4.08. The average molecular weight is 324 g/mol. The van der Waals surface area contributed by atoms with Crippen molar-refractivity contribution in [3.8, 4) is 6.07 Å². The Morgan fingerprint density at radius 1 is 1.29 bits per heavy atom. The highest BCUT2D eigenvalue weighted by Crippen LogP contribution is 2.51. The van der Waals surface area contributed by atoms with E-state index in [1.165, 1.54) is 11.3 Å². The number of anilines is 2. The Morgan fingerprint density at radius 3 is 2.75 bits per heavy atom. The van der Waals surface area contributed by atoms with Crippen LogP contribution in [-0.4, -0.2) is 49.1 Å². The Labute approximate surface area is 143 Å². The summed E-state index contributed by atoms with van der Waals surface area (Å²) >= 11 is 0. The number of nitriles is 1. The van der Waals surface area contributed by atoms with E-state index in [2.05, 4.69) is 35.8 Å². The first-order valence-corrected chi connectivity index (χ1v) is 8.88. The van der Waals surface area contributed by atoms with E-state index < -0.39 is 0 Å². The molecule has 0 radical (unpaired) electrons. The lowest BCUT2D eigenvalue weighted by atomic mass is 9.87. The van der Waals surface area contributed by atoms with Crippen LogP contribution < -0.4 is 9.80 Å². The van der Waals surface area contributed by atoms with Gasteiger partial charge in [0.1, 0.15) is 0 Å². The maximum Gasteiger partial charge on any atom is 0.223 e. The van der Waals surface area contributed by atoms with Crippen molar-refractivity contribution < 1.29 is 4.79 Å². The molecule has 3 aliphatic rings. The molecule has 1 amide bonds. The molecule has 0 saturated carbocycles. The molecule has 0 N–H and O–H groups in total. The molecule has 0 aromatic heterocycles. The molecular formula is C19H24N4O. The number of fused-ring (bicyclic) bond motifs is 3. The molecule has 126 valence electrons. The molecule has 1 aromatic rings. The summed E-state index contributed by atoms with van der Waals surface area (Å²) in [5.74, 6) is 0.501. The van der Waals surface area contributed by atoms with Crippen LogP contribution in [0.5, 0.6) is 0 Å². The van der Waals surface area contributed by atoms with Crippen molar-refractivity contribution in [1.29, 1.82) is 5.26 Å². The van der Waals surface area contributed by atoms with Crippen LogP contribution in [0.3, 0.4) is 0 Å². The zero-order chi connectivity index (χ0) is 17.0. The predicted molar refractivity (Wildman–Crippen MR) is 94.4 cm³/mol. The van der Waals surface area contributed by atoms with Crippen molar-refractivity contribution in [2.45, 2.75) is 45.2 Å². The van der Waals surface area contributed by atoms with Gasteiger partial charge >= 0.3 is 0 Å². The topological polar surface area (TPSA) is 50.6 Å². The lowest BCUT2D eigenvalue weighted by Gasteiger charge is -2.42. The Hall–Kier alpha value is -2.06. The van der Waals surface area contributed by atoms with Gasteiger partial charge in [-0.25, -0.2) is 0 Å². The number of carbonyl (C=O) groups excluding carboxylic acids is 1. The first-order chi connectivity index (χ1) is 11.5. The van der Waals surface area contributed by atoms with Gasteiger partial charge < -0.3 is 14.7 Å². The number of amides is 1. The number of benzene rings is 1. The molecular weight excluding hydrogens is 300 g/mol. The molecule has 24 heavy (non-hydrogen) atoms. The molecule has 1 fully saturated rings. The summed E-state index contributed by atoms with van der Waals surface area (Å²) in [5, 5.41) is 9.46. The highest BCUT2D eigenvalue weighted by Gasteiger charge is 2.46. The van der Waals surface area contributed by atoms with Gasteiger partial charge in [-0.1, -0.05) is 0 Å². The van der Waals surface area contributed by atoms with Crippen molar-refractivity contribution in [2.75, 3.05) is 36.0 Å². The Balaban J connectivity index is 1.83. The molecule has 3 heterocycles. The van der Waals surface area contributed by atoms with Crippen molar-refractivity contribution in [1.82, 2.24) is 4.90 Å². The lowest BCUT2D eigenvalue weighted by molar-refractivity contribution is -0.116. The van der Waals surface area contributed by atoms with E-state index in [1.54, 1.807) is 6.92 Å². The summed E-state index contributed by atoms with van der Waals surface area (Å²) < 4.78 is 0. The number of rotatable bonds is 1. The molecule has 4 rings (SSSR count). The molecule has 5 heteroatoms. The number of hydrogen-bond donors (Lipinski definition) is 0. The summed E-state index contributed by atoms with van der Waals surface area (Å²) in [6, 6.07) is 7.29. The molecule has 0 unspecified atom stereocenters. The Kier molecular flexibility index (Phi) is 3.54. The van der Waals surface area contributed by atoms with Gasteiger partial charge in [0.25, 0.3) is 0 Å². The molecule has 0 aliphatic carbocycles. The van der Waals surface area contributed by atoms with E-state index in [1.807, 2.05) is 11.0 Å². The summed E-state index contributed by atoms with van der Waals surface area (Å²) in [4.78, 5) is 19.0. The highest BCUT2D eigenvalue weighted by atomic mass is 16.2. The second-order valence-corrected chi connectivity index (χ2v) is 7.46. The number of carbonyl (C=O) groups is 1. The highest BCUT2D eigenvalue weighted by molar-refractivity contribution is 5.98. The van der Waals surface area contributed by atoms with Crippen LogP contribution in [0.2, 0.25) is 0 Å². The number of piperidine rings is 1. The van der Waals surface area contributed by atoms with Gasteiger partial charge in [-0.2, -0.15) is 5.26 Å². The van der Waals surface area contributed by atoms with Crippen LogP contribution in [0.25, 0.3) is 0 Å². The van der Waals surface area contributed by atoms with Crippen LogP contribution in [0.1, 0.15) is 44.2 Å². The fourth-order valence-corrected chi connectivity index (χ4v) is 4.72. The molecule has 2 atom stereocenters. The normalized spacial score (nSPS) is 25.5. The zero-order valence-corrected chi connectivity index (χ0v) is 14.6. The zero-order valence-electron chi connectivity index (χ0n) is 14.6. The summed E-state index contributed by atoms with van der Waals surface area (Å²) in [6.07, 6.45) is 1.15. The predicted octanol–water partition coefficient (Wildman–Crippen LogP) is 2.31. The fraction of sp³-hybridized carbons (Fsp3) is 0.579. The monoisotopic (exact) mass is 324 g/mol. The van der Waals surface area contributed by atoms with Crippen molar-refractivity contribution in [2.24, 2.45) is 0 Å². The van der Waals surface area contributed by atoms with Gasteiger partial charge in [-0.15, -0.1) is 0 Å². The maximum atomic E-state index is 12.1. The van der Waals surface area contributed by atoms with Crippen LogP contribution in [0, 0.1) is 11.3 Å². The van der Waals surface area contributed by atoms with E-state index in [0.717, 1.165) is 31.7 Å². The van der Waals surface area contributed by atoms with Gasteiger partial charge in [0.15, 0.2) is 0 Å². The van der Waals surface area contributed by atoms with Crippen LogP contribution in [0.4, 0.5) is 11.4 Å². The summed E-state index contributed by atoms with van der Waals surface area (Å²) in [7, 11) is 0. The van der Waals surface area contributed by atoms with Gasteiger partial charge in [0, 0.05) is 51.1 Å². The van der Waals surface area contributed by atoms with E-state index in [4.69, 9.17) is 0 Å². The van der Waals surface area contributed by atoms with Crippen LogP contribution in [-0.2, 0) is 4.79 Å². The van der Waals surface area contributed by atoms with E-state index in [-0.39, 0.29) is 5.91 Å². The third-order valence-electron chi connectivity index (χ3n) is 5.91. The van der Waals surface area contributed by atoms with Crippen LogP contribution >= 0.6 is 0 Å². The molecule has 0 bridgehead atoms. The second kappa shape index (κ2) is 5.49. The van der Waals surface area contributed by atoms with Gasteiger partial charge in [0.05, 0.1) is 23.0 Å². The number of hydrogen-bond acceptors (Lipinski definition) is 4. The SMILES string of the molecule is CC(=O)N1CCN2c3c(cc(C#N)cc31)[C@@H]1CN(C(C)C)CC[C@@H]12. The van der Waals surface area contributed by atoms with Crippen molar-refractivity contribution in [3.05, 3.63) is 23.3 Å². The standard InChI is InChI=1S/C19H24N4O/c1-12(2)21-5-4-17-16(11-21)15-8-14(10-20)9-18-19(15)23(17)7-6-22(18)13(3)24/h8-9,12,16-17H,4-7,11H2,1-3H3/t16-,17-/m0/s1. The molecule has 3 aliphatic heterocycles. The maximum absolute atomic E-state index is 12.1. The minimum Gasteiger partial charge on any atom is -0.364 e. The average Bonchev–Trinajstić information content (AvgIpc) is 2.89. The molecule has 0 spiro atoms. The van der Waals surface area contributed by atoms with Crippen molar-refractivity contribution in [3.63, 3.8) is 0 Å². The first-order valence-electron chi connectivity index (χ1n) is 8.88. The Bertz CT molecular complexity index is 736. The molecule has 1 saturated heterocycles. The number of likely N-dealkylation sites (tertiary alicyclic amines) is 1. The smallest absolute Gasteiger partial charge is 0.223 e. The molecule has 5 nitrogen and oxygen atoms in total. The third-order valence-corrected chi connectivity index (χ3v) is 5.91. The van der Waals surface area contributed by atoms with E-state index >= 15 is 0 Å². The lowest BCUT2D eigenvalue weighted by Crippen LogP contribution is -2.51.